The molecule has 0 saturated carbocycles. The molecule has 2 aromatic rings. The minimum atomic E-state index is -0.0540. The maximum Gasteiger partial charge on any atom is 0.234 e. The summed E-state index contributed by atoms with van der Waals surface area (Å²) in [6.07, 6.45) is 1.48. The van der Waals surface area contributed by atoms with Gasteiger partial charge < -0.3 is 20.1 Å². The van der Waals surface area contributed by atoms with Gasteiger partial charge in [-0.15, -0.1) is 0 Å². The topological polar surface area (TPSA) is 79.9 Å². The maximum absolute atomic E-state index is 12.6. The average molecular weight is 409 g/mol. The lowest BCUT2D eigenvalue weighted by molar-refractivity contribution is -0.123. The number of aryl methyl sites for hydroxylation is 1. The fourth-order valence-electron chi connectivity index (χ4n) is 3.83. The van der Waals surface area contributed by atoms with Crippen molar-refractivity contribution in [3.63, 3.8) is 0 Å². The van der Waals surface area contributed by atoms with Gasteiger partial charge in [-0.1, -0.05) is 24.3 Å². The predicted octanol–water partition coefficient (Wildman–Crippen LogP) is 2.69. The summed E-state index contributed by atoms with van der Waals surface area (Å²) in [5, 5.41) is 5.96. The van der Waals surface area contributed by atoms with E-state index in [1.54, 1.807) is 12.1 Å². The van der Waals surface area contributed by atoms with Gasteiger partial charge in [-0.3, -0.25) is 14.5 Å². The van der Waals surface area contributed by atoms with Gasteiger partial charge >= 0.3 is 0 Å². The summed E-state index contributed by atoms with van der Waals surface area (Å²) in [4.78, 5) is 27.0. The first-order chi connectivity index (χ1) is 14.6. The van der Waals surface area contributed by atoms with E-state index in [0.29, 0.717) is 30.3 Å². The van der Waals surface area contributed by atoms with Crippen LogP contribution in [0.4, 0.5) is 5.69 Å². The molecule has 2 N–H and O–H groups in total. The number of likely N-dealkylation sites (tertiary alicyclic amines) is 1. The lowest BCUT2D eigenvalue weighted by Gasteiger charge is -2.30. The number of ether oxygens (including phenoxy) is 2. The van der Waals surface area contributed by atoms with E-state index in [-0.39, 0.29) is 24.5 Å². The van der Waals surface area contributed by atoms with Gasteiger partial charge in [0, 0.05) is 24.2 Å². The lowest BCUT2D eigenvalue weighted by Crippen LogP contribution is -2.43. The monoisotopic (exact) mass is 409 g/mol. The highest BCUT2D eigenvalue weighted by Crippen LogP contribution is 2.34. The fraction of sp³-hybridized carbons (Fsp3) is 0.391. The quantitative estimate of drug-likeness (QED) is 0.767. The zero-order valence-electron chi connectivity index (χ0n) is 17.1. The summed E-state index contributed by atoms with van der Waals surface area (Å²) in [5.74, 6) is 1.32. The largest absolute Gasteiger partial charge is 0.454 e. The molecule has 158 valence electrons. The molecule has 2 aliphatic rings. The molecule has 0 atom stereocenters. The van der Waals surface area contributed by atoms with Gasteiger partial charge in [0.25, 0.3) is 0 Å². The summed E-state index contributed by atoms with van der Waals surface area (Å²) in [5.41, 5.74) is 3.01. The molecule has 4 rings (SSSR count). The van der Waals surface area contributed by atoms with Gasteiger partial charge in [-0.2, -0.15) is 0 Å². The van der Waals surface area contributed by atoms with Gasteiger partial charge in [0.2, 0.25) is 18.6 Å². The molecule has 7 heteroatoms. The summed E-state index contributed by atoms with van der Waals surface area (Å²) in [6, 6.07) is 13.5. The Morgan fingerprint density at radius 3 is 2.63 bits per heavy atom. The second-order valence-corrected chi connectivity index (χ2v) is 7.81. The fourth-order valence-corrected chi connectivity index (χ4v) is 3.83. The third kappa shape index (κ3) is 4.91. The highest BCUT2D eigenvalue weighted by Gasteiger charge is 2.26. The Bertz CT molecular complexity index is 922. The zero-order chi connectivity index (χ0) is 20.9. The molecule has 2 aliphatic heterocycles. The Morgan fingerprint density at radius 2 is 1.83 bits per heavy atom. The van der Waals surface area contributed by atoms with Crippen molar-refractivity contribution in [3.05, 3.63) is 53.6 Å². The van der Waals surface area contributed by atoms with Crippen molar-refractivity contribution in [1.82, 2.24) is 10.2 Å². The van der Waals surface area contributed by atoms with Crippen LogP contribution in [0, 0.1) is 12.8 Å². The maximum atomic E-state index is 12.6. The number of carbonyl (C=O) groups is 2. The third-order valence-electron chi connectivity index (χ3n) is 5.70. The molecular formula is C23H27N3O4. The molecule has 1 saturated heterocycles. The predicted molar refractivity (Wildman–Crippen MR) is 113 cm³/mol. The number of hydrogen-bond acceptors (Lipinski definition) is 5. The number of carbonyl (C=O) groups excluding carboxylic acids is 2. The summed E-state index contributed by atoms with van der Waals surface area (Å²) in [6.45, 7) is 4.63. The second-order valence-electron chi connectivity index (χ2n) is 7.81. The molecule has 30 heavy (non-hydrogen) atoms. The zero-order valence-corrected chi connectivity index (χ0v) is 17.1. The molecule has 7 nitrogen and oxygen atoms in total. The number of amides is 2. The van der Waals surface area contributed by atoms with Crippen molar-refractivity contribution in [2.45, 2.75) is 26.3 Å². The Hall–Kier alpha value is -3.06. The van der Waals surface area contributed by atoms with E-state index in [1.165, 1.54) is 5.56 Å². The first-order valence-electron chi connectivity index (χ1n) is 10.3. The third-order valence-corrected chi connectivity index (χ3v) is 5.70. The summed E-state index contributed by atoms with van der Waals surface area (Å²) >= 11 is 0. The molecule has 0 bridgehead atoms. The van der Waals surface area contributed by atoms with E-state index in [1.807, 2.05) is 37.3 Å². The number of nitrogens with zero attached hydrogens (tertiary/aromatic N) is 1. The molecule has 2 aromatic carbocycles. The molecule has 1 fully saturated rings. The Kier molecular flexibility index (Phi) is 6.18. The summed E-state index contributed by atoms with van der Waals surface area (Å²) in [7, 11) is 0. The van der Waals surface area contributed by atoms with E-state index >= 15 is 0 Å². The highest BCUT2D eigenvalue weighted by molar-refractivity contribution is 5.93. The van der Waals surface area contributed by atoms with Gasteiger partial charge in [-0.05, 0) is 56.1 Å². The van der Waals surface area contributed by atoms with Crippen LogP contribution in [0.25, 0.3) is 0 Å². The Labute approximate surface area is 176 Å². The lowest BCUT2D eigenvalue weighted by atomic mass is 9.95. The molecule has 0 aliphatic carbocycles. The van der Waals surface area contributed by atoms with Crippen LogP contribution in [0.2, 0.25) is 0 Å². The molecule has 2 heterocycles. The number of fused-ring (bicyclic) bond motifs is 1. The van der Waals surface area contributed by atoms with Crippen molar-refractivity contribution < 1.29 is 19.1 Å². The van der Waals surface area contributed by atoms with Crippen LogP contribution in [0.5, 0.6) is 11.5 Å². The first kappa shape index (κ1) is 20.2. The second kappa shape index (κ2) is 9.17. The SMILES string of the molecule is Cc1ccccc1CNC(=O)CN1CCC(C(=O)Nc2ccc3c(c2)OCO3)CC1. The molecular weight excluding hydrogens is 382 g/mol. The Morgan fingerprint density at radius 1 is 1.07 bits per heavy atom. The number of rotatable bonds is 6. The normalized spacial score (nSPS) is 16.3. The first-order valence-corrected chi connectivity index (χ1v) is 10.3. The van der Waals surface area contributed by atoms with Gasteiger partial charge in [0.15, 0.2) is 11.5 Å². The minimum absolute atomic E-state index is 0.0116. The molecule has 0 unspecified atom stereocenters. The molecule has 0 radical (unpaired) electrons. The molecule has 0 spiro atoms. The van der Waals surface area contributed by atoms with Crippen LogP contribution in [0.15, 0.2) is 42.5 Å². The average Bonchev–Trinajstić information content (AvgIpc) is 3.21. The van der Waals surface area contributed by atoms with Crippen LogP contribution in [0.3, 0.4) is 0 Å². The smallest absolute Gasteiger partial charge is 0.234 e. The summed E-state index contributed by atoms with van der Waals surface area (Å²) < 4.78 is 10.6. The van der Waals surface area contributed by atoms with Crippen molar-refractivity contribution in [2.75, 3.05) is 31.7 Å². The van der Waals surface area contributed by atoms with Crippen LogP contribution >= 0.6 is 0 Å². The van der Waals surface area contributed by atoms with Crippen molar-refractivity contribution in [3.8, 4) is 11.5 Å². The van der Waals surface area contributed by atoms with Crippen molar-refractivity contribution >= 4 is 17.5 Å². The number of piperidine rings is 1. The van der Waals surface area contributed by atoms with E-state index in [2.05, 4.69) is 15.5 Å². The van der Waals surface area contributed by atoms with E-state index in [9.17, 15) is 9.59 Å². The number of anilines is 1. The molecule has 2 amide bonds. The minimum Gasteiger partial charge on any atom is -0.454 e. The van der Waals surface area contributed by atoms with Gasteiger partial charge in [0.1, 0.15) is 0 Å². The van der Waals surface area contributed by atoms with Crippen LogP contribution < -0.4 is 20.1 Å². The van der Waals surface area contributed by atoms with Crippen LogP contribution in [-0.4, -0.2) is 43.1 Å². The number of nitrogens with one attached hydrogen (secondary N) is 2. The number of benzene rings is 2. The van der Waals surface area contributed by atoms with Crippen molar-refractivity contribution in [2.24, 2.45) is 5.92 Å². The highest BCUT2D eigenvalue weighted by atomic mass is 16.7. The van der Waals surface area contributed by atoms with Gasteiger partial charge in [0.05, 0.1) is 6.54 Å². The molecule has 0 aromatic heterocycles. The standard InChI is InChI=1S/C23H27N3O4/c1-16-4-2-3-5-18(16)13-24-22(27)14-26-10-8-17(9-11-26)23(28)25-19-6-7-20-21(12-19)30-15-29-20/h2-7,12,17H,8-11,13-15H2,1H3,(H,24,27)(H,25,28). The van der Waals surface area contributed by atoms with Crippen LogP contribution in [-0.2, 0) is 16.1 Å². The Balaban J connectivity index is 1.20. The number of hydrogen-bond donors (Lipinski definition) is 2. The van der Waals surface area contributed by atoms with Crippen molar-refractivity contribution in [1.29, 1.82) is 0 Å². The van der Waals surface area contributed by atoms with Gasteiger partial charge in [-0.25, -0.2) is 0 Å². The van der Waals surface area contributed by atoms with E-state index < -0.39 is 0 Å². The van der Waals surface area contributed by atoms with E-state index in [0.717, 1.165) is 31.5 Å². The van der Waals surface area contributed by atoms with Crippen LogP contribution in [0.1, 0.15) is 24.0 Å². The van der Waals surface area contributed by atoms with E-state index in [4.69, 9.17) is 9.47 Å².